The second kappa shape index (κ2) is 4.63. The first kappa shape index (κ1) is 11.0. The van der Waals surface area contributed by atoms with Crippen molar-refractivity contribution in [2.75, 3.05) is 39.3 Å². The average Bonchev–Trinajstić information content (AvgIpc) is 2.40. The molecule has 4 fully saturated rings. The van der Waals surface area contributed by atoms with Crippen molar-refractivity contribution in [1.29, 1.82) is 0 Å². The molecule has 92 valence electrons. The number of fused-ring (bicyclic) bond motifs is 3. The van der Waals surface area contributed by atoms with Crippen molar-refractivity contribution in [3.8, 4) is 0 Å². The summed E-state index contributed by atoms with van der Waals surface area (Å²) < 4.78 is 0. The molecule has 0 saturated carbocycles. The van der Waals surface area contributed by atoms with E-state index in [1.165, 1.54) is 58.5 Å². The number of piperidine rings is 3. The molecule has 4 aliphatic rings. The van der Waals surface area contributed by atoms with Crippen molar-refractivity contribution in [2.45, 2.75) is 38.3 Å². The molecule has 2 atom stereocenters. The standard InChI is InChI=1S/C13H25N3/c1-2-12-9-14-5-8-16(12)13-10-15-6-3-11(13)4-7-15/h11-14H,2-10H2,1H3. The van der Waals surface area contributed by atoms with E-state index in [0.717, 1.165) is 18.0 Å². The summed E-state index contributed by atoms with van der Waals surface area (Å²) in [6, 6.07) is 1.66. The topological polar surface area (TPSA) is 18.5 Å². The number of rotatable bonds is 2. The van der Waals surface area contributed by atoms with E-state index in [-0.39, 0.29) is 0 Å². The van der Waals surface area contributed by atoms with Gasteiger partial charge in [-0.1, -0.05) is 6.92 Å². The summed E-state index contributed by atoms with van der Waals surface area (Å²) in [5.41, 5.74) is 0. The highest BCUT2D eigenvalue weighted by molar-refractivity contribution is 4.95. The highest BCUT2D eigenvalue weighted by Gasteiger charge is 2.39. The maximum Gasteiger partial charge on any atom is 0.0256 e. The lowest BCUT2D eigenvalue weighted by molar-refractivity contribution is -0.0227. The number of piperazine rings is 1. The van der Waals surface area contributed by atoms with E-state index in [4.69, 9.17) is 0 Å². The van der Waals surface area contributed by atoms with E-state index < -0.39 is 0 Å². The number of hydrogen-bond acceptors (Lipinski definition) is 3. The number of hydrogen-bond donors (Lipinski definition) is 1. The minimum Gasteiger partial charge on any atom is -0.314 e. The van der Waals surface area contributed by atoms with Gasteiger partial charge < -0.3 is 10.2 Å². The lowest BCUT2D eigenvalue weighted by Crippen LogP contribution is -2.63. The van der Waals surface area contributed by atoms with E-state index in [2.05, 4.69) is 22.0 Å². The van der Waals surface area contributed by atoms with Crippen LogP contribution in [0.2, 0.25) is 0 Å². The van der Waals surface area contributed by atoms with Crippen LogP contribution in [-0.4, -0.2) is 61.2 Å². The van der Waals surface area contributed by atoms with E-state index >= 15 is 0 Å². The van der Waals surface area contributed by atoms with Gasteiger partial charge in [0.05, 0.1) is 0 Å². The summed E-state index contributed by atoms with van der Waals surface area (Å²) in [6.07, 6.45) is 4.20. The van der Waals surface area contributed by atoms with Gasteiger partial charge in [0, 0.05) is 38.3 Å². The highest BCUT2D eigenvalue weighted by Crippen LogP contribution is 2.32. The molecular formula is C13H25N3. The van der Waals surface area contributed by atoms with E-state index in [1.807, 2.05) is 0 Å². The molecule has 3 heteroatoms. The van der Waals surface area contributed by atoms with Crippen LogP contribution in [0.15, 0.2) is 0 Å². The molecule has 1 N–H and O–H groups in total. The normalized spacial score (nSPS) is 44.8. The SMILES string of the molecule is CCC1CNCCN1C1CN2CCC1CC2. The van der Waals surface area contributed by atoms with Crippen molar-refractivity contribution in [3.63, 3.8) is 0 Å². The van der Waals surface area contributed by atoms with Gasteiger partial charge in [-0.3, -0.25) is 4.90 Å². The van der Waals surface area contributed by atoms with Crippen LogP contribution in [-0.2, 0) is 0 Å². The van der Waals surface area contributed by atoms with Gasteiger partial charge in [0.2, 0.25) is 0 Å². The van der Waals surface area contributed by atoms with Gasteiger partial charge >= 0.3 is 0 Å². The van der Waals surface area contributed by atoms with Gasteiger partial charge in [-0.15, -0.1) is 0 Å². The zero-order chi connectivity index (χ0) is 11.0. The predicted molar refractivity (Wildman–Crippen MR) is 66.6 cm³/mol. The molecule has 0 spiro atoms. The minimum atomic E-state index is 0.791. The van der Waals surface area contributed by atoms with Gasteiger partial charge in [-0.25, -0.2) is 0 Å². The maximum absolute atomic E-state index is 3.54. The van der Waals surface area contributed by atoms with Crippen LogP contribution >= 0.6 is 0 Å². The average molecular weight is 223 g/mol. The molecule has 2 unspecified atom stereocenters. The van der Waals surface area contributed by atoms with Gasteiger partial charge in [0.25, 0.3) is 0 Å². The molecule has 3 nitrogen and oxygen atoms in total. The molecule has 4 saturated heterocycles. The lowest BCUT2D eigenvalue weighted by Gasteiger charge is -2.52. The summed E-state index contributed by atoms with van der Waals surface area (Å²) in [4.78, 5) is 5.51. The number of nitrogens with one attached hydrogen (secondary N) is 1. The van der Waals surface area contributed by atoms with Crippen molar-refractivity contribution >= 4 is 0 Å². The van der Waals surface area contributed by atoms with Crippen LogP contribution in [0.5, 0.6) is 0 Å². The Morgan fingerprint density at radius 1 is 1.19 bits per heavy atom. The zero-order valence-corrected chi connectivity index (χ0v) is 10.5. The Morgan fingerprint density at radius 3 is 2.62 bits per heavy atom. The molecule has 0 radical (unpaired) electrons. The fourth-order valence-electron chi connectivity index (χ4n) is 3.90. The van der Waals surface area contributed by atoms with Crippen LogP contribution in [0, 0.1) is 5.92 Å². The Labute approximate surface area is 99.2 Å². The van der Waals surface area contributed by atoms with Crippen LogP contribution in [0.3, 0.4) is 0 Å². The van der Waals surface area contributed by atoms with Crippen molar-refractivity contribution in [3.05, 3.63) is 0 Å². The molecule has 0 amide bonds. The quantitative estimate of drug-likeness (QED) is 0.746. The summed E-state index contributed by atoms with van der Waals surface area (Å²) in [7, 11) is 0. The molecule has 4 rings (SSSR count). The first-order chi connectivity index (χ1) is 7.88. The summed E-state index contributed by atoms with van der Waals surface area (Å²) >= 11 is 0. The maximum atomic E-state index is 3.54. The number of nitrogens with zero attached hydrogens (tertiary/aromatic N) is 2. The minimum absolute atomic E-state index is 0.791. The van der Waals surface area contributed by atoms with Gasteiger partial charge in [0.1, 0.15) is 0 Å². The monoisotopic (exact) mass is 223 g/mol. The smallest absolute Gasteiger partial charge is 0.0256 e. The fourth-order valence-corrected chi connectivity index (χ4v) is 3.90. The zero-order valence-electron chi connectivity index (χ0n) is 10.5. The van der Waals surface area contributed by atoms with Crippen LogP contribution in [0.25, 0.3) is 0 Å². The molecular weight excluding hydrogens is 198 g/mol. The van der Waals surface area contributed by atoms with Crippen LogP contribution in [0.4, 0.5) is 0 Å². The third-order valence-corrected chi connectivity index (χ3v) is 4.91. The highest BCUT2D eigenvalue weighted by atomic mass is 15.3. The molecule has 16 heavy (non-hydrogen) atoms. The summed E-state index contributed by atoms with van der Waals surface area (Å²) in [5, 5.41) is 3.54. The molecule has 0 aliphatic carbocycles. The Morgan fingerprint density at radius 2 is 2.00 bits per heavy atom. The van der Waals surface area contributed by atoms with E-state index in [0.29, 0.717) is 0 Å². The van der Waals surface area contributed by atoms with E-state index in [1.54, 1.807) is 0 Å². The third-order valence-electron chi connectivity index (χ3n) is 4.91. The Kier molecular flexibility index (Phi) is 3.18. The van der Waals surface area contributed by atoms with Crippen molar-refractivity contribution in [1.82, 2.24) is 15.1 Å². The summed E-state index contributed by atoms with van der Waals surface area (Å²) in [6.45, 7) is 10.1. The molecule has 0 aromatic heterocycles. The second-order valence-corrected chi connectivity index (χ2v) is 5.71. The Hall–Kier alpha value is -0.120. The molecule has 4 heterocycles. The second-order valence-electron chi connectivity index (χ2n) is 5.71. The van der Waals surface area contributed by atoms with Crippen LogP contribution < -0.4 is 5.32 Å². The van der Waals surface area contributed by atoms with Crippen molar-refractivity contribution < 1.29 is 0 Å². The van der Waals surface area contributed by atoms with Gasteiger partial charge in [0.15, 0.2) is 0 Å². The Bertz CT molecular complexity index is 231. The fraction of sp³-hybridized carbons (Fsp3) is 1.00. The predicted octanol–water partition coefficient (Wildman–Crippen LogP) is 0.764. The van der Waals surface area contributed by atoms with Crippen LogP contribution in [0.1, 0.15) is 26.2 Å². The van der Waals surface area contributed by atoms with Crippen molar-refractivity contribution in [2.24, 2.45) is 5.92 Å². The largest absolute Gasteiger partial charge is 0.314 e. The van der Waals surface area contributed by atoms with Gasteiger partial charge in [-0.05, 0) is 38.3 Å². The summed E-state index contributed by atoms with van der Waals surface area (Å²) in [5.74, 6) is 0.997. The molecule has 2 bridgehead atoms. The van der Waals surface area contributed by atoms with E-state index in [9.17, 15) is 0 Å². The third kappa shape index (κ3) is 1.89. The molecule has 4 aliphatic heterocycles. The first-order valence-electron chi connectivity index (χ1n) is 7.07. The lowest BCUT2D eigenvalue weighted by atomic mass is 9.82. The van der Waals surface area contributed by atoms with Gasteiger partial charge in [-0.2, -0.15) is 0 Å². The molecule has 0 aromatic rings. The molecule has 0 aromatic carbocycles. The first-order valence-corrected chi connectivity index (χ1v) is 7.07. The Balaban J connectivity index is 1.70.